The van der Waals surface area contributed by atoms with Crippen molar-refractivity contribution in [3.05, 3.63) is 65.2 Å². The first kappa shape index (κ1) is 27.3. The van der Waals surface area contributed by atoms with Crippen LogP contribution in [0.2, 0.25) is 0 Å². The van der Waals surface area contributed by atoms with Crippen molar-refractivity contribution in [2.24, 2.45) is 0 Å². The molecule has 1 atom stereocenters. The first-order valence-electron chi connectivity index (χ1n) is 12.8. The number of benzene rings is 2. The largest absolute Gasteiger partial charge is 0.507 e. The number of amides is 1. The number of aliphatic hydroxyl groups excluding tert-OH is 1. The fourth-order valence-electron chi connectivity index (χ4n) is 4.14. The Hall–Kier alpha value is -3.32. The minimum atomic E-state index is -0.685. The van der Waals surface area contributed by atoms with E-state index in [0.717, 1.165) is 37.0 Å². The molecular weight excluding hydrogens is 456 g/mol. The maximum Gasteiger partial charge on any atom is 0.295 e. The van der Waals surface area contributed by atoms with Crippen LogP contribution in [0.1, 0.15) is 56.7 Å². The number of Topliss-reactive ketones (excluding diaryl/α,β-unsaturated/α-hetero) is 1. The van der Waals surface area contributed by atoms with Crippen LogP contribution in [-0.4, -0.2) is 67.0 Å². The number of hydrogen-bond acceptors (Lipinski definition) is 6. The molecule has 2 aromatic rings. The lowest BCUT2D eigenvalue weighted by molar-refractivity contribution is -0.140. The molecular formula is C29H38N2O5. The maximum absolute atomic E-state index is 13.2. The normalized spacial score (nSPS) is 17.1. The van der Waals surface area contributed by atoms with Crippen LogP contribution in [0.5, 0.6) is 11.5 Å². The lowest BCUT2D eigenvalue weighted by atomic mass is 9.95. The third-order valence-corrected chi connectivity index (χ3v) is 6.14. The molecule has 3 rings (SSSR count). The molecule has 2 aromatic carbocycles. The Morgan fingerprint density at radius 3 is 2.08 bits per heavy atom. The second-order valence-corrected chi connectivity index (χ2v) is 9.29. The third-order valence-electron chi connectivity index (χ3n) is 6.14. The van der Waals surface area contributed by atoms with Gasteiger partial charge in [0, 0.05) is 18.7 Å². The van der Waals surface area contributed by atoms with Crippen molar-refractivity contribution in [2.75, 3.05) is 40.4 Å². The Bertz CT molecular complexity index is 1040. The standard InChI is InChI=1S/C29H38N2O5/c1-5-7-8-20-36-24-15-11-22(12-16-24)27(32)25-26(21-9-13-23(14-10-21)35-19-6-2)31(18-17-30(3)4)29(34)28(25)33/h9-16,26,32H,5-8,17-20H2,1-4H3/b27-25+. The zero-order valence-corrected chi connectivity index (χ0v) is 21.8. The number of carbonyl (C=O) groups excluding carboxylic acids is 2. The van der Waals surface area contributed by atoms with Crippen LogP contribution >= 0.6 is 0 Å². The van der Waals surface area contributed by atoms with Crippen molar-refractivity contribution in [2.45, 2.75) is 45.6 Å². The van der Waals surface area contributed by atoms with E-state index in [0.29, 0.717) is 37.6 Å². The van der Waals surface area contributed by atoms with Crippen molar-refractivity contribution < 1.29 is 24.2 Å². The van der Waals surface area contributed by atoms with E-state index in [-0.39, 0.29) is 11.3 Å². The van der Waals surface area contributed by atoms with Gasteiger partial charge in [-0.1, -0.05) is 38.8 Å². The number of ether oxygens (including phenoxy) is 2. The lowest BCUT2D eigenvalue weighted by Crippen LogP contribution is -2.35. The van der Waals surface area contributed by atoms with Crippen LogP contribution in [-0.2, 0) is 9.59 Å². The molecule has 0 bridgehead atoms. The van der Waals surface area contributed by atoms with E-state index in [9.17, 15) is 14.7 Å². The van der Waals surface area contributed by atoms with E-state index in [1.54, 1.807) is 29.2 Å². The number of rotatable bonds is 13. The summed E-state index contributed by atoms with van der Waals surface area (Å²) in [5.74, 6) is -0.0451. The van der Waals surface area contributed by atoms with Gasteiger partial charge in [0.25, 0.3) is 11.7 Å². The van der Waals surface area contributed by atoms with Crippen molar-refractivity contribution in [3.63, 3.8) is 0 Å². The first-order chi connectivity index (χ1) is 17.4. The zero-order chi connectivity index (χ0) is 26.1. The summed E-state index contributed by atoms with van der Waals surface area (Å²) in [7, 11) is 3.83. The molecule has 0 aromatic heterocycles. The van der Waals surface area contributed by atoms with Gasteiger partial charge in [0.05, 0.1) is 24.8 Å². The Morgan fingerprint density at radius 1 is 0.889 bits per heavy atom. The number of nitrogens with zero attached hydrogens (tertiary/aromatic N) is 2. The molecule has 7 nitrogen and oxygen atoms in total. The fraction of sp³-hybridized carbons (Fsp3) is 0.448. The molecule has 1 unspecified atom stereocenters. The highest BCUT2D eigenvalue weighted by molar-refractivity contribution is 6.46. The van der Waals surface area contributed by atoms with Crippen molar-refractivity contribution in [1.29, 1.82) is 0 Å². The SMILES string of the molecule is CCCCCOc1ccc(/C(O)=C2\C(=O)C(=O)N(CCN(C)C)C2c2ccc(OCCC)cc2)cc1. The predicted molar refractivity (Wildman–Crippen MR) is 141 cm³/mol. The highest BCUT2D eigenvalue weighted by Crippen LogP contribution is 2.39. The molecule has 1 aliphatic rings. The number of ketones is 1. The van der Waals surface area contributed by atoms with Gasteiger partial charge in [0.1, 0.15) is 17.3 Å². The third kappa shape index (κ3) is 6.66. The number of unbranched alkanes of at least 4 members (excludes halogenated alkanes) is 2. The van der Waals surface area contributed by atoms with Gasteiger partial charge in [0.15, 0.2) is 0 Å². The average molecular weight is 495 g/mol. The van der Waals surface area contributed by atoms with Crippen LogP contribution in [0, 0.1) is 0 Å². The summed E-state index contributed by atoms with van der Waals surface area (Å²) < 4.78 is 11.5. The molecule has 1 N–H and O–H groups in total. The summed E-state index contributed by atoms with van der Waals surface area (Å²) in [5.41, 5.74) is 1.31. The molecule has 1 aliphatic heterocycles. The van der Waals surface area contributed by atoms with Gasteiger partial charge in [-0.3, -0.25) is 9.59 Å². The summed E-state index contributed by atoms with van der Waals surface area (Å²) in [6.45, 7) is 6.37. The molecule has 0 spiro atoms. The van der Waals surface area contributed by atoms with Crippen LogP contribution in [0.25, 0.3) is 5.76 Å². The number of carbonyl (C=O) groups is 2. The van der Waals surface area contributed by atoms with Gasteiger partial charge < -0.3 is 24.4 Å². The Kier molecular flexibility index (Phi) is 9.94. The highest BCUT2D eigenvalue weighted by Gasteiger charge is 2.45. The quantitative estimate of drug-likeness (QED) is 0.182. The van der Waals surface area contributed by atoms with Crippen LogP contribution in [0.3, 0.4) is 0 Å². The topological polar surface area (TPSA) is 79.3 Å². The molecule has 0 aliphatic carbocycles. The van der Waals surface area contributed by atoms with E-state index >= 15 is 0 Å². The number of likely N-dealkylation sites (tertiary alicyclic amines) is 1. The molecule has 1 fully saturated rings. The molecule has 7 heteroatoms. The molecule has 194 valence electrons. The second-order valence-electron chi connectivity index (χ2n) is 9.29. The Balaban J connectivity index is 1.94. The number of hydrogen-bond donors (Lipinski definition) is 1. The molecule has 0 saturated carbocycles. The molecule has 36 heavy (non-hydrogen) atoms. The van der Waals surface area contributed by atoms with Crippen LogP contribution in [0.4, 0.5) is 0 Å². The summed E-state index contributed by atoms with van der Waals surface area (Å²) in [6, 6.07) is 13.7. The van der Waals surface area contributed by atoms with Crippen molar-refractivity contribution in [3.8, 4) is 11.5 Å². The van der Waals surface area contributed by atoms with Crippen molar-refractivity contribution in [1.82, 2.24) is 9.80 Å². The van der Waals surface area contributed by atoms with Gasteiger partial charge in [-0.25, -0.2) is 0 Å². The van der Waals surface area contributed by atoms with Gasteiger partial charge in [-0.05, 0) is 68.9 Å². The van der Waals surface area contributed by atoms with Gasteiger partial charge in [0.2, 0.25) is 0 Å². The van der Waals surface area contributed by atoms with E-state index in [1.807, 2.05) is 50.2 Å². The van der Waals surface area contributed by atoms with E-state index < -0.39 is 17.7 Å². The lowest BCUT2D eigenvalue weighted by Gasteiger charge is -2.26. The maximum atomic E-state index is 13.2. The summed E-state index contributed by atoms with van der Waals surface area (Å²) in [4.78, 5) is 29.7. The predicted octanol–water partition coefficient (Wildman–Crippen LogP) is 5.03. The zero-order valence-electron chi connectivity index (χ0n) is 21.8. The second kappa shape index (κ2) is 13.1. The monoisotopic (exact) mass is 494 g/mol. The van der Waals surface area contributed by atoms with Crippen molar-refractivity contribution >= 4 is 17.4 Å². The van der Waals surface area contributed by atoms with Gasteiger partial charge >= 0.3 is 0 Å². The van der Waals surface area contributed by atoms with E-state index in [1.165, 1.54) is 0 Å². The van der Waals surface area contributed by atoms with Gasteiger partial charge in [-0.15, -0.1) is 0 Å². The molecule has 1 amide bonds. The fourth-order valence-corrected chi connectivity index (χ4v) is 4.14. The average Bonchev–Trinajstić information content (AvgIpc) is 3.14. The van der Waals surface area contributed by atoms with Crippen LogP contribution < -0.4 is 9.47 Å². The Morgan fingerprint density at radius 2 is 1.50 bits per heavy atom. The molecule has 1 heterocycles. The number of likely N-dealkylation sites (N-methyl/N-ethyl adjacent to an activating group) is 1. The smallest absolute Gasteiger partial charge is 0.295 e. The summed E-state index contributed by atoms with van der Waals surface area (Å²) in [6.07, 6.45) is 4.11. The minimum absolute atomic E-state index is 0.0950. The summed E-state index contributed by atoms with van der Waals surface area (Å²) >= 11 is 0. The minimum Gasteiger partial charge on any atom is -0.507 e. The Labute approximate surface area is 214 Å². The van der Waals surface area contributed by atoms with E-state index in [4.69, 9.17) is 9.47 Å². The summed E-state index contributed by atoms with van der Waals surface area (Å²) in [5, 5.41) is 11.2. The molecule has 0 radical (unpaired) electrons. The number of aliphatic hydroxyl groups is 1. The highest BCUT2D eigenvalue weighted by atomic mass is 16.5. The molecule has 1 saturated heterocycles. The first-order valence-corrected chi connectivity index (χ1v) is 12.8. The van der Waals surface area contributed by atoms with Crippen LogP contribution in [0.15, 0.2) is 54.1 Å². The van der Waals surface area contributed by atoms with E-state index in [2.05, 4.69) is 6.92 Å². The van der Waals surface area contributed by atoms with Gasteiger partial charge in [-0.2, -0.15) is 0 Å².